The molecule has 0 saturated carbocycles. The standard InChI is InChI=1S/C24H29NO3S/c1-29(27,28)25-14-12-18(13-15-25)24-22-10-3-2-7-20(22)17-19(8-6-16-26)21-9-4-5-11-23(21)24/h2-5,7,9-11,17-18,24,26H,6,8,12-16H2,1H3. The molecule has 1 N–H and O–H groups in total. The highest BCUT2D eigenvalue weighted by atomic mass is 32.2. The van der Waals surface area contributed by atoms with Gasteiger partial charge in [0, 0.05) is 25.6 Å². The Bertz CT molecular complexity index is 1000. The summed E-state index contributed by atoms with van der Waals surface area (Å²) in [7, 11) is -3.13. The maximum absolute atomic E-state index is 12.0. The van der Waals surface area contributed by atoms with Crippen molar-refractivity contribution in [2.75, 3.05) is 26.0 Å². The Morgan fingerprint density at radius 3 is 2.34 bits per heavy atom. The van der Waals surface area contributed by atoms with Crippen LogP contribution in [0.3, 0.4) is 0 Å². The van der Waals surface area contributed by atoms with Gasteiger partial charge in [-0.3, -0.25) is 0 Å². The number of nitrogens with zero attached hydrogens (tertiary/aromatic N) is 1. The van der Waals surface area contributed by atoms with Crippen molar-refractivity contribution in [3.8, 4) is 0 Å². The molecule has 2 aromatic rings. The van der Waals surface area contributed by atoms with Crippen molar-refractivity contribution in [2.45, 2.75) is 31.6 Å². The third kappa shape index (κ3) is 4.18. The SMILES string of the molecule is CS(=O)(=O)N1CCC(C2c3ccccc3C=C(CCCO)c3ccccc32)CC1. The van der Waals surface area contributed by atoms with E-state index in [1.165, 1.54) is 34.1 Å². The number of allylic oxidation sites excluding steroid dienone is 1. The molecule has 5 heteroatoms. The Morgan fingerprint density at radius 1 is 1.00 bits per heavy atom. The van der Waals surface area contributed by atoms with Gasteiger partial charge in [0.2, 0.25) is 10.0 Å². The van der Waals surface area contributed by atoms with Gasteiger partial charge in [0.25, 0.3) is 0 Å². The van der Waals surface area contributed by atoms with E-state index in [1.54, 1.807) is 4.31 Å². The van der Waals surface area contributed by atoms with Crippen LogP contribution >= 0.6 is 0 Å². The van der Waals surface area contributed by atoms with Crippen molar-refractivity contribution < 1.29 is 13.5 Å². The van der Waals surface area contributed by atoms with Crippen LogP contribution in [-0.4, -0.2) is 43.8 Å². The van der Waals surface area contributed by atoms with E-state index in [0.717, 1.165) is 25.7 Å². The first-order valence-corrected chi connectivity index (χ1v) is 12.3. The fraction of sp³-hybridized carbons (Fsp3) is 0.417. The van der Waals surface area contributed by atoms with Crippen molar-refractivity contribution in [3.05, 3.63) is 70.8 Å². The number of hydrogen-bond donors (Lipinski definition) is 1. The van der Waals surface area contributed by atoms with E-state index in [0.29, 0.717) is 19.0 Å². The van der Waals surface area contributed by atoms with Crippen LogP contribution in [0.5, 0.6) is 0 Å². The Kier molecular flexibility index (Phi) is 5.91. The summed E-state index contributed by atoms with van der Waals surface area (Å²) in [6, 6.07) is 17.2. The Hall–Kier alpha value is -1.95. The number of benzene rings is 2. The van der Waals surface area contributed by atoms with Gasteiger partial charge in [-0.05, 0) is 59.4 Å². The predicted molar refractivity (Wildman–Crippen MR) is 118 cm³/mol. The van der Waals surface area contributed by atoms with Gasteiger partial charge in [-0.2, -0.15) is 0 Å². The Morgan fingerprint density at radius 2 is 1.66 bits per heavy atom. The molecule has 1 unspecified atom stereocenters. The quantitative estimate of drug-likeness (QED) is 0.805. The second-order valence-electron chi connectivity index (χ2n) is 8.19. The predicted octanol–water partition coefficient (Wildman–Crippen LogP) is 4.12. The molecule has 4 nitrogen and oxygen atoms in total. The molecular formula is C24H29NO3S. The zero-order chi connectivity index (χ0) is 20.4. The average Bonchev–Trinajstić information content (AvgIpc) is 2.86. The van der Waals surface area contributed by atoms with Gasteiger partial charge in [-0.15, -0.1) is 0 Å². The molecule has 0 radical (unpaired) electrons. The van der Waals surface area contributed by atoms with Gasteiger partial charge >= 0.3 is 0 Å². The van der Waals surface area contributed by atoms with Gasteiger partial charge in [0.05, 0.1) is 6.26 Å². The molecule has 1 saturated heterocycles. The minimum absolute atomic E-state index is 0.189. The van der Waals surface area contributed by atoms with Crippen molar-refractivity contribution in [3.63, 3.8) is 0 Å². The number of rotatable bonds is 5. The minimum atomic E-state index is -3.13. The summed E-state index contributed by atoms with van der Waals surface area (Å²) in [6.45, 7) is 1.37. The summed E-state index contributed by atoms with van der Waals surface area (Å²) in [5, 5.41) is 9.38. The summed E-state index contributed by atoms with van der Waals surface area (Å²) in [5.41, 5.74) is 6.45. The number of piperidine rings is 1. The summed E-state index contributed by atoms with van der Waals surface area (Å²) in [5.74, 6) is 0.660. The van der Waals surface area contributed by atoms with E-state index < -0.39 is 10.0 Å². The molecule has 0 bridgehead atoms. The molecule has 0 amide bonds. The molecule has 1 atom stereocenters. The summed E-state index contributed by atoms with van der Waals surface area (Å²) in [4.78, 5) is 0. The fourth-order valence-corrected chi connectivity index (χ4v) is 5.82. The minimum Gasteiger partial charge on any atom is -0.396 e. The summed E-state index contributed by atoms with van der Waals surface area (Å²) < 4.78 is 25.5. The lowest BCUT2D eigenvalue weighted by molar-refractivity contribution is 0.257. The first-order valence-electron chi connectivity index (χ1n) is 10.4. The summed E-state index contributed by atoms with van der Waals surface area (Å²) >= 11 is 0. The lowest BCUT2D eigenvalue weighted by atomic mass is 9.74. The molecule has 0 aromatic heterocycles. The molecule has 1 fully saturated rings. The lowest BCUT2D eigenvalue weighted by Crippen LogP contribution is -2.39. The first-order chi connectivity index (χ1) is 14.0. The molecule has 154 valence electrons. The third-order valence-corrected chi connectivity index (χ3v) is 7.65. The molecule has 1 heterocycles. The van der Waals surface area contributed by atoms with Crippen LogP contribution in [0.1, 0.15) is 53.9 Å². The Labute approximate surface area is 173 Å². The van der Waals surface area contributed by atoms with Crippen LogP contribution in [0.25, 0.3) is 11.6 Å². The number of fused-ring (bicyclic) bond motifs is 2. The fourth-order valence-electron chi connectivity index (χ4n) is 4.94. The zero-order valence-electron chi connectivity index (χ0n) is 16.9. The van der Waals surface area contributed by atoms with E-state index in [-0.39, 0.29) is 12.5 Å². The van der Waals surface area contributed by atoms with Gasteiger partial charge in [0.15, 0.2) is 0 Å². The monoisotopic (exact) mass is 411 g/mol. The second kappa shape index (κ2) is 8.42. The highest BCUT2D eigenvalue weighted by Gasteiger charge is 2.34. The van der Waals surface area contributed by atoms with Crippen molar-refractivity contribution in [2.24, 2.45) is 5.92 Å². The smallest absolute Gasteiger partial charge is 0.211 e. The summed E-state index contributed by atoms with van der Waals surface area (Å²) in [6.07, 6.45) is 6.93. The zero-order valence-corrected chi connectivity index (χ0v) is 17.7. The van der Waals surface area contributed by atoms with Gasteiger partial charge < -0.3 is 5.11 Å². The van der Waals surface area contributed by atoms with Gasteiger partial charge in [0.1, 0.15) is 0 Å². The number of sulfonamides is 1. The largest absolute Gasteiger partial charge is 0.396 e. The van der Waals surface area contributed by atoms with Crippen molar-refractivity contribution in [1.82, 2.24) is 4.31 Å². The van der Waals surface area contributed by atoms with E-state index >= 15 is 0 Å². The maximum atomic E-state index is 12.0. The molecule has 1 aliphatic heterocycles. The van der Waals surface area contributed by atoms with E-state index in [1.807, 2.05) is 0 Å². The molecule has 1 aliphatic carbocycles. The molecular weight excluding hydrogens is 382 g/mol. The maximum Gasteiger partial charge on any atom is 0.211 e. The normalized spacial score (nSPS) is 20.5. The second-order valence-corrected chi connectivity index (χ2v) is 10.2. The molecule has 2 aliphatic rings. The molecule has 4 rings (SSSR count). The molecule has 29 heavy (non-hydrogen) atoms. The topological polar surface area (TPSA) is 57.6 Å². The highest BCUT2D eigenvalue weighted by Crippen LogP contribution is 2.45. The van der Waals surface area contributed by atoms with Crippen molar-refractivity contribution in [1.29, 1.82) is 0 Å². The van der Waals surface area contributed by atoms with E-state index in [2.05, 4.69) is 54.6 Å². The number of hydrogen-bond acceptors (Lipinski definition) is 3. The van der Waals surface area contributed by atoms with Crippen LogP contribution in [0.4, 0.5) is 0 Å². The van der Waals surface area contributed by atoms with Crippen LogP contribution in [0.15, 0.2) is 48.5 Å². The van der Waals surface area contributed by atoms with Crippen molar-refractivity contribution >= 4 is 21.7 Å². The highest BCUT2D eigenvalue weighted by molar-refractivity contribution is 7.88. The third-order valence-electron chi connectivity index (χ3n) is 6.35. The Balaban J connectivity index is 1.76. The lowest BCUT2D eigenvalue weighted by Gasteiger charge is -2.36. The average molecular weight is 412 g/mol. The molecule has 2 aromatic carbocycles. The van der Waals surface area contributed by atoms with Crippen LogP contribution in [0.2, 0.25) is 0 Å². The van der Waals surface area contributed by atoms with Gasteiger partial charge in [-0.25, -0.2) is 12.7 Å². The van der Waals surface area contributed by atoms with Crippen LogP contribution in [0, 0.1) is 5.92 Å². The number of aliphatic hydroxyl groups is 1. The van der Waals surface area contributed by atoms with E-state index in [9.17, 15) is 13.5 Å². The number of aliphatic hydroxyl groups excluding tert-OH is 1. The van der Waals surface area contributed by atoms with Crippen LogP contribution < -0.4 is 0 Å². The van der Waals surface area contributed by atoms with Crippen LogP contribution in [-0.2, 0) is 10.0 Å². The van der Waals surface area contributed by atoms with Gasteiger partial charge in [-0.1, -0.05) is 54.6 Å². The first kappa shape index (κ1) is 20.3. The molecule has 0 spiro atoms. The van der Waals surface area contributed by atoms with E-state index in [4.69, 9.17) is 0 Å².